The second kappa shape index (κ2) is 24.3. The van der Waals surface area contributed by atoms with Gasteiger partial charge < -0.3 is 15.2 Å². The summed E-state index contributed by atoms with van der Waals surface area (Å²) >= 11 is 6.78. The molecule has 7 rings (SSSR count). The van der Waals surface area contributed by atoms with Crippen molar-refractivity contribution in [2.45, 2.75) is 93.3 Å². The minimum absolute atomic E-state index is 0. The molecule has 340 valence electrons. The summed E-state index contributed by atoms with van der Waals surface area (Å²) in [6, 6.07) is 34.4. The van der Waals surface area contributed by atoms with E-state index in [0.29, 0.717) is 24.1 Å². The van der Waals surface area contributed by atoms with Crippen LogP contribution in [0.1, 0.15) is 96.3 Å². The van der Waals surface area contributed by atoms with Gasteiger partial charge in [-0.2, -0.15) is 0 Å². The Hall–Kier alpha value is -6.11. The summed E-state index contributed by atoms with van der Waals surface area (Å²) in [6.45, 7) is 10.9. The number of aliphatic imine (C=N–C) groups is 1. The fraction of sp³-hybridized carbons (Fsp3) is 0.264. The number of nitrogens with two attached hydrogens (primary N) is 1. The number of Topliss-reactive ketones (excluding diaryl/α,β-unsaturated/α-hetero) is 2. The third-order valence-electron chi connectivity index (χ3n) is 9.01. The molecular weight excluding hydrogens is 948 g/mol. The van der Waals surface area contributed by atoms with E-state index < -0.39 is 17.2 Å². The van der Waals surface area contributed by atoms with E-state index >= 15 is 0 Å². The van der Waals surface area contributed by atoms with Crippen molar-refractivity contribution in [2.75, 3.05) is 5.73 Å². The van der Waals surface area contributed by atoms with Gasteiger partial charge in [-0.25, -0.2) is 0 Å². The van der Waals surface area contributed by atoms with Gasteiger partial charge in [0.2, 0.25) is 0 Å². The van der Waals surface area contributed by atoms with E-state index in [1.807, 2.05) is 106 Å². The molecule has 0 bridgehead atoms. The van der Waals surface area contributed by atoms with Crippen molar-refractivity contribution in [3.05, 3.63) is 165 Å². The molecule has 0 aliphatic carbocycles. The molecule has 0 amide bonds. The van der Waals surface area contributed by atoms with Gasteiger partial charge >= 0.3 is 11.9 Å². The van der Waals surface area contributed by atoms with Gasteiger partial charge in [-0.15, -0.1) is 0 Å². The van der Waals surface area contributed by atoms with E-state index in [0.717, 1.165) is 59.3 Å². The van der Waals surface area contributed by atoms with Gasteiger partial charge in [-0.05, 0) is 124 Å². The highest BCUT2D eigenvalue weighted by Gasteiger charge is 2.21. The molecule has 0 saturated carbocycles. The summed E-state index contributed by atoms with van der Waals surface area (Å²) < 4.78 is 12.3. The lowest BCUT2D eigenvalue weighted by Crippen LogP contribution is -2.25. The topological polar surface area (TPSA) is 151 Å². The van der Waals surface area contributed by atoms with Crippen molar-refractivity contribution >= 4 is 72.5 Å². The number of hydrogen-bond acceptors (Lipinski definition) is 10. The number of carbonyl (C=O) groups excluding carboxylic acids is 4. The molecule has 0 atom stereocenters. The summed E-state index contributed by atoms with van der Waals surface area (Å²) in [5.41, 5.74) is 14.2. The number of hydrogen-bond donors (Lipinski definition) is 1. The third kappa shape index (κ3) is 17.4. The van der Waals surface area contributed by atoms with Crippen LogP contribution in [0.2, 0.25) is 0 Å². The Balaban J connectivity index is 0.000000262. The van der Waals surface area contributed by atoms with E-state index in [2.05, 4.69) is 47.9 Å². The summed E-state index contributed by atoms with van der Waals surface area (Å²) in [5.74, 6) is -0.840. The predicted molar refractivity (Wildman–Crippen MR) is 269 cm³/mol. The number of pyridine rings is 2. The molecule has 0 radical (unpaired) electrons. The zero-order chi connectivity index (χ0) is 45.7. The quantitative estimate of drug-likeness (QED) is 0.0680. The second-order valence-electron chi connectivity index (χ2n) is 16.7. The van der Waals surface area contributed by atoms with Crippen LogP contribution in [0.15, 0.2) is 148 Å². The molecule has 0 fully saturated rings. The molecule has 0 unspecified atom stereocenters. The van der Waals surface area contributed by atoms with Crippen LogP contribution in [0.5, 0.6) is 0 Å². The molecular formula is C53H58Br2N4O6. The van der Waals surface area contributed by atoms with Crippen LogP contribution < -0.4 is 5.73 Å². The fourth-order valence-corrected chi connectivity index (χ4v) is 7.09. The first kappa shape index (κ1) is 53.2. The van der Waals surface area contributed by atoms with E-state index in [4.69, 9.17) is 20.2 Å². The van der Waals surface area contributed by atoms with Crippen LogP contribution in [0.4, 0.5) is 11.4 Å². The molecule has 1 aliphatic heterocycles. The van der Waals surface area contributed by atoms with Gasteiger partial charge in [-0.1, -0.05) is 101 Å². The van der Waals surface area contributed by atoms with Crippen molar-refractivity contribution in [2.24, 2.45) is 4.99 Å². The lowest BCUT2D eigenvalue weighted by molar-refractivity contribution is -0.154. The summed E-state index contributed by atoms with van der Waals surface area (Å²) in [7, 11) is 0. The number of rotatable bonds is 8. The lowest BCUT2D eigenvalue weighted by Gasteiger charge is -2.19. The Labute approximate surface area is 400 Å². The van der Waals surface area contributed by atoms with Crippen LogP contribution in [0.3, 0.4) is 0 Å². The van der Waals surface area contributed by atoms with Gasteiger partial charge in [-0.3, -0.25) is 34.1 Å². The molecule has 3 heterocycles. The average Bonchev–Trinajstić information content (AvgIpc) is 3.39. The van der Waals surface area contributed by atoms with E-state index in [1.54, 1.807) is 63.6 Å². The molecule has 6 aromatic rings. The van der Waals surface area contributed by atoms with Crippen molar-refractivity contribution in [3.8, 4) is 22.3 Å². The number of aromatic nitrogens is 2. The molecule has 65 heavy (non-hydrogen) atoms. The van der Waals surface area contributed by atoms with Crippen LogP contribution in [-0.2, 0) is 36.7 Å². The monoisotopic (exact) mass is 1000 g/mol. The Kier molecular flexibility index (Phi) is 19.9. The second-order valence-corrected chi connectivity index (χ2v) is 18.5. The van der Waals surface area contributed by atoms with E-state index in [9.17, 15) is 19.2 Å². The molecule has 0 saturated heterocycles. The number of halogens is 2. The molecule has 4 aromatic carbocycles. The van der Waals surface area contributed by atoms with Crippen LogP contribution in [0, 0.1) is 0 Å². The van der Waals surface area contributed by atoms with Crippen LogP contribution in [-0.4, -0.2) is 50.4 Å². The summed E-state index contributed by atoms with van der Waals surface area (Å²) in [5, 5.41) is 0. The Morgan fingerprint density at radius 1 is 0.631 bits per heavy atom. The highest BCUT2D eigenvalue weighted by molar-refractivity contribution is 9.10. The Morgan fingerprint density at radius 3 is 1.75 bits per heavy atom. The first-order valence-corrected chi connectivity index (χ1v) is 21.8. The Morgan fingerprint density at radius 2 is 1.17 bits per heavy atom. The number of ketones is 2. The predicted octanol–water partition coefficient (Wildman–Crippen LogP) is 13.0. The van der Waals surface area contributed by atoms with Gasteiger partial charge in [0.05, 0.1) is 17.8 Å². The van der Waals surface area contributed by atoms with Gasteiger partial charge in [0.1, 0.15) is 23.4 Å². The largest absolute Gasteiger partial charge is 0.460 e. The number of nitrogen functional groups attached to an aromatic ring is 1. The SMILES string of the molecule is C.C.CC(C)(C)OC(=O)CC(=O)c1cccc(-c2cccnc2)c1.CC(C)(C)OC(=O)Cc1ccc(Br)cc1N.O=C1CC(c2cccc(-c3cccnc3)c2)=Nc2ccc(Br)cc2C1. The van der Waals surface area contributed by atoms with Gasteiger partial charge in [0.15, 0.2) is 5.78 Å². The van der Waals surface area contributed by atoms with Crippen LogP contribution >= 0.6 is 31.9 Å². The summed E-state index contributed by atoms with van der Waals surface area (Å²) in [6.07, 6.45) is 7.75. The number of benzene rings is 4. The molecule has 1 aliphatic rings. The van der Waals surface area contributed by atoms with Gasteiger partial charge in [0.25, 0.3) is 0 Å². The number of carbonyl (C=O) groups is 4. The van der Waals surface area contributed by atoms with Crippen molar-refractivity contribution in [3.63, 3.8) is 0 Å². The van der Waals surface area contributed by atoms with Crippen molar-refractivity contribution in [1.29, 1.82) is 0 Å². The lowest BCUT2D eigenvalue weighted by atomic mass is 9.99. The first-order chi connectivity index (χ1) is 29.8. The number of fused-ring (bicyclic) bond motifs is 1. The minimum atomic E-state index is -0.588. The number of esters is 2. The highest BCUT2D eigenvalue weighted by atomic mass is 79.9. The van der Waals surface area contributed by atoms with Crippen LogP contribution in [0.25, 0.3) is 22.3 Å². The van der Waals surface area contributed by atoms with Crippen molar-refractivity contribution < 1.29 is 28.7 Å². The standard InChI is InChI=1S/C21H15BrN2O.C18H19NO3.C12H16BrNO2.2CH4/c22-18-6-7-20-17(10-18)11-19(25)12-21(24-20)15-4-1-3-14(9-15)16-5-2-8-23-13-16;1-18(2,3)22-17(21)11-16(20)14-7-4-6-13(10-14)15-8-5-9-19-12-15;1-12(2,3)16-11(15)6-8-4-5-9(13)7-10(8)14;;/h1-10,13H,11-12H2;4-10,12H,11H2,1-3H3;4-5,7H,6,14H2,1-3H3;2*1H4. The average molecular weight is 1010 g/mol. The molecule has 2 N–H and O–H groups in total. The maximum Gasteiger partial charge on any atom is 0.314 e. The smallest absolute Gasteiger partial charge is 0.314 e. The number of anilines is 1. The maximum absolute atomic E-state index is 12.4. The first-order valence-electron chi connectivity index (χ1n) is 20.2. The summed E-state index contributed by atoms with van der Waals surface area (Å²) in [4.78, 5) is 61.0. The maximum atomic E-state index is 12.4. The molecule has 12 heteroatoms. The highest BCUT2D eigenvalue weighted by Crippen LogP contribution is 2.30. The number of ether oxygens (including phenoxy) is 2. The van der Waals surface area contributed by atoms with Crippen molar-refractivity contribution in [1.82, 2.24) is 9.97 Å². The fourth-order valence-electron chi connectivity index (χ4n) is 6.31. The molecule has 0 spiro atoms. The number of nitrogens with zero attached hydrogens (tertiary/aromatic N) is 3. The third-order valence-corrected chi connectivity index (χ3v) is 9.99. The van der Waals surface area contributed by atoms with Gasteiger partial charge in [0, 0.05) is 69.0 Å². The van der Waals surface area contributed by atoms with E-state index in [-0.39, 0.29) is 45.2 Å². The van der Waals surface area contributed by atoms with E-state index in [1.165, 1.54) is 0 Å². The zero-order valence-corrected chi connectivity index (χ0v) is 39.3. The molecule has 10 nitrogen and oxygen atoms in total. The minimum Gasteiger partial charge on any atom is -0.460 e. The Bertz CT molecular complexity index is 2600. The normalized spacial score (nSPS) is 11.8. The zero-order valence-electron chi connectivity index (χ0n) is 36.2. The molecule has 2 aromatic heterocycles.